The molecule has 2 nitrogen and oxygen atoms in total. The highest BCUT2D eigenvalue weighted by Gasteiger charge is 2.18. The van der Waals surface area contributed by atoms with Crippen LogP contribution in [0.1, 0.15) is 24.4 Å². The van der Waals surface area contributed by atoms with Crippen molar-refractivity contribution in [3.8, 4) is 5.75 Å². The molecule has 0 aliphatic carbocycles. The molecule has 0 radical (unpaired) electrons. The predicted octanol–water partition coefficient (Wildman–Crippen LogP) is 3.19. The Labute approximate surface area is 101 Å². The fourth-order valence-corrected chi connectivity index (χ4v) is 2.17. The van der Waals surface area contributed by atoms with Crippen molar-refractivity contribution >= 4 is 24.0 Å². The third kappa shape index (κ3) is 2.77. The van der Waals surface area contributed by atoms with Crippen molar-refractivity contribution in [2.75, 3.05) is 13.7 Å². The third-order valence-electron chi connectivity index (χ3n) is 2.64. The molecule has 1 saturated heterocycles. The lowest BCUT2D eigenvalue weighted by Crippen LogP contribution is -2.13. The molecule has 1 heterocycles. The summed E-state index contributed by atoms with van der Waals surface area (Å²) in [6.45, 7) is 1.09. The van der Waals surface area contributed by atoms with E-state index in [4.69, 9.17) is 16.3 Å². The fourth-order valence-electron chi connectivity index (χ4n) is 1.87. The summed E-state index contributed by atoms with van der Waals surface area (Å²) in [7, 11) is 1.65. The van der Waals surface area contributed by atoms with Crippen molar-refractivity contribution in [1.29, 1.82) is 0 Å². The average molecular weight is 248 g/mol. The zero-order valence-electron chi connectivity index (χ0n) is 8.63. The number of methoxy groups -OCH3 is 1. The monoisotopic (exact) mass is 247 g/mol. The Kier molecular flexibility index (Phi) is 4.71. The van der Waals surface area contributed by atoms with E-state index in [1.54, 1.807) is 7.11 Å². The maximum atomic E-state index is 6.17. The van der Waals surface area contributed by atoms with Gasteiger partial charge in [0, 0.05) is 11.1 Å². The lowest BCUT2D eigenvalue weighted by molar-refractivity contribution is 0.414. The molecule has 1 aromatic rings. The molecular formula is C11H15Cl2NO. The molecule has 1 unspecified atom stereocenters. The molecule has 84 valence electrons. The molecule has 2 rings (SSSR count). The van der Waals surface area contributed by atoms with Gasteiger partial charge in [-0.1, -0.05) is 17.7 Å². The number of halogens is 2. The van der Waals surface area contributed by atoms with Gasteiger partial charge in [-0.3, -0.25) is 0 Å². The van der Waals surface area contributed by atoms with Gasteiger partial charge in [0.1, 0.15) is 5.75 Å². The van der Waals surface area contributed by atoms with Crippen LogP contribution in [0.5, 0.6) is 5.75 Å². The minimum Gasteiger partial charge on any atom is -0.497 e. The van der Waals surface area contributed by atoms with Crippen LogP contribution in [-0.2, 0) is 0 Å². The maximum absolute atomic E-state index is 6.17. The van der Waals surface area contributed by atoms with E-state index >= 15 is 0 Å². The van der Waals surface area contributed by atoms with Crippen molar-refractivity contribution in [3.05, 3.63) is 28.8 Å². The quantitative estimate of drug-likeness (QED) is 0.867. The van der Waals surface area contributed by atoms with Crippen LogP contribution in [0.25, 0.3) is 0 Å². The first-order valence-corrected chi connectivity index (χ1v) is 5.26. The van der Waals surface area contributed by atoms with Gasteiger partial charge in [0.2, 0.25) is 0 Å². The maximum Gasteiger partial charge on any atom is 0.120 e. The number of hydrogen-bond donors (Lipinski definition) is 1. The van der Waals surface area contributed by atoms with E-state index in [2.05, 4.69) is 5.32 Å². The highest BCUT2D eigenvalue weighted by atomic mass is 35.5. The summed E-state index contributed by atoms with van der Waals surface area (Å²) in [6.07, 6.45) is 2.40. The molecule has 0 saturated carbocycles. The van der Waals surface area contributed by atoms with Gasteiger partial charge < -0.3 is 10.1 Å². The molecule has 1 atom stereocenters. The SMILES string of the molecule is COc1ccc(C2CCCN2)c(Cl)c1.Cl. The number of ether oxygens (including phenoxy) is 1. The standard InChI is InChI=1S/C11H14ClNO.ClH/c1-14-8-4-5-9(10(12)7-8)11-3-2-6-13-11;/h4-5,7,11,13H,2-3,6H2,1H3;1H. The van der Waals surface area contributed by atoms with E-state index in [0.717, 1.165) is 17.3 Å². The van der Waals surface area contributed by atoms with Gasteiger partial charge in [-0.2, -0.15) is 0 Å². The van der Waals surface area contributed by atoms with E-state index in [9.17, 15) is 0 Å². The minimum absolute atomic E-state index is 0. The smallest absolute Gasteiger partial charge is 0.120 e. The van der Waals surface area contributed by atoms with E-state index in [1.807, 2.05) is 18.2 Å². The van der Waals surface area contributed by atoms with Crippen molar-refractivity contribution in [2.45, 2.75) is 18.9 Å². The molecule has 1 aliphatic rings. The van der Waals surface area contributed by atoms with Crippen LogP contribution in [0.2, 0.25) is 5.02 Å². The normalized spacial score (nSPS) is 19.7. The van der Waals surface area contributed by atoms with Crippen molar-refractivity contribution < 1.29 is 4.74 Å². The summed E-state index contributed by atoms with van der Waals surface area (Å²) < 4.78 is 5.11. The van der Waals surface area contributed by atoms with Crippen molar-refractivity contribution in [1.82, 2.24) is 5.32 Å². The molecule has 0 spiro atoms. The van der Waals surface area contributed by atoms with E-state index in [-0.39, 0.29) is 12.4 Å². The molecule has 0 bridgehead atoms. The van der Waals surface area contributed by atoms with Gasteiger partial charge in [0.05, 0.1) is 7.11 Å². The Morgan fingerprint density at radius 2 is 2.27 bits per heavy atom. The molecule has 1 N–H and O–H groups in total. The fraction of sp³-hybridized carbons (Fsp3) is 0.455. The minimum atomic E-state index is 0. The first-order chi connectivity index (χ1) is 6.81. The van der Waals surface area contributed by atoms with Crippen LogP contribution < -0.4 is 10.1 Å². The summed E-state index contributed by atoms with van der Waals surface area (Å²) in [6, 6.07) is 6.30. The molecule has 0 aromatic heterocycles. The zero-order chi connectivity index (χ0) is 9.97. The van der Waals surface area contributed by atoms with Crippen LogP contribution in [0, 0.1) is 0 Å². The zero-order valence-corrected chi connectivity index (χ0v) is 10.2. The van der Waals surface area contributed by atoms with Gasteiger partial charge in [-0.15, -0.1) is 12.4 Å². The van der Waals surface area contributed by atoms with E-state index in [0.29, 0.717) is 6.04 Å². The molecule has 1 aromatic carbocycles. The van der Waals surface area contributed by atoms with Crippen LogP contribution in [0.3, 0.4) is 0 Å². The topological polar surface area (TPSA) is 21.3 Å². The lowest BCUT2D eigenvalue weighted by Gasteiger charge is -2.13. The molecule has 4 heteroatoms. The van der Waals surface area contributed by atoms with Crippen molar-refractivity contribution in [2.24, 2.45) is 0 Å². The summed E-state index contributed by atoms with van der Waals surface area (Å²) in [4.78, 5) is 0. The van der Waals surface area contributed by atoms with E-state index in [1.165, 1.54) is 18.4 Å². The van der Waals surface area contributed by atoms with Crippen molar-refractivity contribution in [3.63, 3.8) is 0 Å². The van der Waals surface area contributed by atoms with Crippen LogP contribution in [0.15, 0.2) is 18.2 Å². The summed E-state index contributed by atoms with van der Waals surface area (Å²) >= 11 is 6.17. The van der Waals surface area contributed by atoms with Gasteiger partial charge in [0.15, 0.2) is 0 Å². The number of rotatable bonds is 2. The summed E-state index contributed by atoms with van der Waals surface area (Å²) in [5.74, 6) is 0.816. The summed E-state index contributed by atoms with van der Waals surface area (Å²) in [5, 5.41) is 4.22. The first-order valence-electron chi connectivity index (χ1n) is 4.88. The van der Waals surface area contributed by atoms with Crippen LogP contribution >= 0.6 is 24.0 Å². The first kappa shape index (κ1) is 12.6. The largest absolute Gasteiger partial charge is 0.497 e. The van der Waals surface area contributed by atoms with Gasteiger partial charge in [-0.05, 0) is 37.1 Å². The van der Waals surface area contributed by atoms with Gasteiger partial charge in [-0.25, -0.2) is 0 Å². The second-order valence-electron chi connectivity index (χ2n) is 3.54. The second-order valence-corrected chi connectivity index (χ2v) is 3.94. The predicted molar refractivity (Wildman–Crippen MR) is 65.2 cm³/mol. The highest BCUT2D eigenvalue weighted by molar-refractivity contribution is 6.31. The molecular weight excluding hydrogens is 233 g/mol. The van der Waals surface area contributed by atoms with Crippen LogP contribution in [0.4, 0.5) is 0 Å². The molecule has 0 amide bonds. The lowest BCUT2D eigenvalue weighted by atomic mass is 10.1. The van der Waals surface area contributed by atoms with Crippen LogP contribution in [-0.4, -0.2) is 13.7 Å². The molecule has 15 heavy (non-hydrogen) atoms. The Balaban J connectivity index is 0.00000112. The third-order valence-corrected chi connectivity index (χ3v) is 2.97. The Bertz CT molecular complexity index is 324. The van der Waals surface area contributed by atoms with Gasteiger partial charge >= 0.3 is 0 Å². The van der Waals surface area contributed by atoms with Gasteiger partial charge in [0.25, 0.3) is 0 Å². The second kappa shape index (κ2) is 5.59. The Hall–Kier alpha value is -0.440. The number of benzene rings is 1. The molecule has 1 fully saturated rings. The number of hydrogen-bond acceptors (Lipinski definition) is 2. The average Bonchev–Trinajstić information content (AvgIpc) is 2.70. The highest BCUT2D eigenvalue weighted by Crippen LogP contribution is 2.31. The summed E-state index contributed by atoms with van der Waals surface area (Å²) in [5.41, 5.74) is 1.19. The van der Waals surface area contributed by atoms with E-state index < -0.39 is 0 Å². The number of nitrogens with one attached hydrogen (secondary N) is 1. The molecule has 1 aliphatic heterocycles. The Morgan fingerprint density at radius 1 is 1.47 bits per heavy atom. The Morgan fingerprint density at radius 3 is 2.80 bits per heavy atom.